The fourth-order valence-electron chi connectivity index (χ4n) is 2.23. The molecule has 1 heterocycles. The van der Waals surface area contributed by atoms with Crippen LogP contribution >= 0.6 is 0 Å². The van der Waals surface area contributed by atoms with E-state index in [1.165, 1.54) is 5.56 Å². The Morgan fingerprint density at radius 3 is 2.79 bits per heavy atom. The summed E-state index contributed by atoms with van der Waals surface area (Å²) in [6.07, 6.45) is 4.03. The van der Waals surface area contributed by atoms with Crippen molar-refractivity contribution in [2.75, 3.05) is 7.11 Å². The smallest absolute Gasteiger partial charge is 0.119 e. The maximum absolute atomic E-state index is 5.29. The predicted molar refractivity (Wildman–Crippen MR) is 75.4 cm³/mol. The van der Waals surface area contributed by atoms with Gasteiger partial charge in [-0.15, -0.1) is 5.10 Å². The second-order valence-electron chi connectivity index (χ2n) is 4.65. The lowest BCUT2D eigenvalue weighted by atomic mass is 9.92. The molecule has 102 valence electrons. The number of hydrogen-bond acceptors (Lipinski definition) is 3. The average molecular weight is 259 g/mol. The lowest BCUT2D eigenvalue weighted by molar-refractivity contribution is 0.413. The van der Waals surface area contributed by atoms with E-state index in [1.807, 2.05) is 23.0 Å². The van der Waals surface area contributed by atoms with Gasteiger partial charge in [-0.3, -0.25) is 4.68 Å². The SMILES string of the molecule is CCC(Cc1cn(CC)nn1)c1cccc(OC)c1. The number of nitrogens with zero attached hydrogens (tertiary/aromatic N) is 3. The minimum atomic E-state index is 0.456. The molecule has 0 aliphatic rings. The van der Waals surface area contributed by atoms with E-state index in [-0.39, 0.29) is 0 Å². The predicted octanol–water partition coefficient (Wildman–Crippen LogP) is 3.04. The standard InChI is InChI=1S/C15H21N3O/c1-4-12(9-14-11-18(5-2)17-16-14)13-7-6-8-15(10-13)19-3/h6-8,10-12H,4-5,9H2,1-3H3. The molecule has 0 aliphatic carbocycles. The molecule has 4 heteroatoms. The number of rotatable bonds is 6. The lowest BCUT2D eigenvalue weighted by Crippen LogP contribution is -2.02. The molecule has 0 spiro atoms. The van der Waals surface area contributed by atoms with Gasteiger partial charge in [-0.1, -0.05) is 24.3 Å². The maximum atomic E-state index is 5.29. The van der Waals surface area contributed by atoms with Gasteiger partial charge in [-0.05, 0) is 43.4 Å². The molecule has 4 nitrogen and oxygen atoms in total. The topological polar surface area (TPSA) is 39.9 Å². The van der Waals surface area contributed by atoms with Crippen LogP contribution in [-0.4, -0.2) is 22.1 Å². The van der Waals surface area contributed by atoms with Crippen LogP contribution in [0.2, 0.25) is 0 Å². The molecule has 0 saturated carbocycles. The first-order valence-corrected chi connectivity index (χ1v) is 6.79. The molecule has 0 bridgehead atoms. The molecule has 19 heavy (non-hydrogen) atoms. The zero-order chi connectivity index (χ0) is 13.7. The highest BCUT2D eigenvalue weighted by atomic mass is 16.5. The van der Waals surface area contributed by atoms with Crippen molar-refractivity contribution in [1.29, 1.82) is 0 Å². The minimum absolute atomic E-state index is 0.456. The van der Waals surface area contributed by atoms with Crippen LogP contribution in [0, 0.1) is 0 Å². The molecule has 0 amide bonds. The fraction of sp³-hybridized carbons (Fsp3) is 0.467. The van der Waals surface area contributed by atoms with Crippen LogP contribution in [0.3, 0.4) is 0 Å². The Kier molecular flexibility index (Phi) is 4.55. The summed E-state index contributed by atoms with van der Waals surface area (Å²) in [5.41, 5.74) is 2.35. The minimum Gasteiger partial charge on any atom is -0.497 e. The van der Waals surface area contributed by atoms with Crippen LogP contribution in [0.15, 0.2) is 30.5 Å². The van der Waals surface area contributed by atoms with E-state index in [2.05, 4.69) is 36.3 Å². The van der Waals surface area contributed by atoms with E-state index in [1.54, 1.807) is 7.11 Å². The van der Waals surface area contributed by atoms with Crippen molar-refractivity contribution in [3.8, 4) is 5.75 Å². The van der Waals surface area contributed by atoms with Gasteiger partial charge in [-0.25, -0.2) is 0 Å². The Morgan fingerprint density at radius 1 is 1.32 bits per heavy atom. The van der Waals surface area contributed by atoms with Crippen LogP contribution in [0.25, 0.3) is 0 Å². The Hall–Kier alpha value is -1.84. The summed E-state index contributed by atoms with van der Waals surface area (Å²) in [7, 11) is 1.70. The van der Waals surface area contributed by atoms with Crippen LogP contribution in [0.1, 0.15) is 37.4 Å². The maximum Gasteiger partial charge on any atom is 0.119 e. The molecule has 0 N–H and O–H groups in total. The summed E-state index contributed by atoms with van der Waals surface area (Å²) in [4.78, 5) is 0. The number of aryl methyl sites for hydroxylation is 1. The molecule has 1 unspecified atom stereocenters. The van der Waals surface area contributed by atoms with Gasteiger partial charge in [0.2, 0.25) is 0 Å². The van der Waals surface area contributed by atoms with E-state index in [4.69, 9.17) is 4.74 Å². The zero-order valence-corrected chi connectivity index (χ0v) is 11.8. The van der Waals surface area contributed by atoms with Crippen molar-refractivity contribution in [2.45, 2.75) is 39.2 Å². The molecule has 1 aromatic carbocycles. The largest absolute Gasteiger partial charge is 0.497 e. The summed E-state index contributed by atoms with van der Waals surface area (Å²) in [6.45, 7) is 5.13. The zero-order valence-electron chi connectivity index (χ0n) is 11.8. The van der Waals surface area contributed by atoms with E-state index in [0.29, 0.717) is 5.92 Å². The van der Waals surface area contributed by atoms with Crippen LogP contribution < -0.4 is 4.74 Å². The number of methoxy groups -OCH3 is 1. The molecule has 2 rings (SSSR count). The Morgan fingerprint density at radius 2 is 2.16 bits per heavy atom. The van der Waals surface area contributed by atoms with Gasteiger partial charge in [0.1, 0.15) is 5.75 Å². The average Bonchev–Trinajstić information content (AvgIpc) is 2.92. The van der Waals surface area contributed by atoms with Crippen molar-refractivity contribution in [3.63, 3.8) is 0 Å². The van der Waals surface area contributed by atoms with Crippen molar-refractivity contribution < 1.29 is 4.74 Å². The molecule has 0 aliphatic heterocycles. The van der Waals surface area contributed by atoms with Gasteiger partial charge in [0.05, 0.1) is 12.8 Å². The third-order valence-corrected chi connectivity index (χ3v) is 3.42. The highest BCUT2D eigenvalue weighted by Gasteiger charge is 2.13. The van der Waals surface area contributed by atoms with Crippen LogP contribution in [-0.2, 0) is 13.0 Å². The second kappa shape index (κ2) is 6.36. The third kappa shape index (κ3) is 3.34. The summed E-state index contributed by atoms with van der Waals surface area (Å²) < 4.78 is 7.16. The van der Waals surface area contributed by atoms with Gasteiger partial charge in [0, 0.05) is 12.7 Å². The molecule has 1 aromatic heterocycles. The highest BCUT2D eigenvalue weighted by molar-refractivity contribution is 5.31. The Bertz CT molecular complexity index is 522. The number of benzene rings is 1. The Labute approximate surface area is 114 Å². The van der Waals surface area contributed by atoms with E-state index in [9.17, 15) is 0 Å². The van der Waals surface area contributed by atoms with Gasteiger partial charge < -0.3 is 4.74 Å². The highest BCUT2D eigenvalue weighted by Crippen LogP contribution is 2.26. The van der Waals surface area contributed by atoms with Crippen molar-refractivity contribution in [2.24, 2.45) is 0 Å². The first-order valence-electron chi connectivity index (χ1n) is 6.79. The third-order valence-electron chi connectivity index (χ3n) is 3.42. The van der Waals surface area contributed by atoms with Crippen LogP contribution in [0.4, 0.5) is 0 Å². The number of aromatic nitrogens is 3. The first-order chi connectivity index (χ1) is 9.26. The summed E-state index contributed by atoms with van der Waals surface area (Å²) in [5.74, 6) is 1.37. The molecule has 0 radical (unpaired) electrons. The fourth-order valence-corrected chi connectivity index (χ4v) is 2.23. The van der Waals surface area contributed by atoms with Crippen molar-refractivity contribution in [1.82, 2.24) is 15.0 Å². The van der Waals surface area contributed by atoms with Gasteiger partial charge in [0.25, 0.3) is 0 Å². The van der Waals surface area contributed by atoms with E-state index < -0.39 is 0 Å². The van der Waals surface area contributed by atoms with Crippen molar-refractivity contribution in [3.05, 3.63) is 41.7 Å². The second-order valence-corrected chi connectivity index (χ2v) is 4.65. The van der Waals surface area contributed by atoms with Gasteiger partial charge >= 0.3 is 0 Å². The van der Waals surface area contributed by atoms with Crippen LogP contribution in [0.5, 0.6) is 5.75 Å². The molecular weight excluding hydrogens is 238 g/mol. The monoisotopic (exact) mass is 259 g/mol. The van der Waals surface area contributed by atoms with E-state index in [0.717, 1.165) is 30.8 Å². The Balaban J connectivity index is 2.14. The van der Waals surface area contributed by atoms with Gasteiger partial charge in [-0.2, -0.15) is 0 Å². The quantitative estimate of drug-likeness (QED) is 0.800. The van der Waals surface area contributed by atoms with Gasteiger partial charge in [0.15, 0.2) is 0 Å². The van der Waals surface area contributed by atoms with Crippen molar-refractivity contribution >= 4 is 0 Å². The summed E-state index contributed by atoms with van der Waals surface area (Å²) in [5, 5.41) is 8.32. The molecule has 0 saturated heterocycles. The molecule has 1 atom stereocenters. The number of ether oxygens (including phenoxy) is 1. The molecule has 0 fully saturated rings. The first kappa shape index (κ1) is 13.6. The molecular formula is C15H21N3O. The lowest BCUT2D eigenvalue weighted by Gasteiger charge is -2.14. The molecule has 2 aromatic rings. The van der Waals surface area contributed by atoms with E-state index >= 15 is 0 Å². The number of hydrogen-bond donors (Lipinski definition) is 0. The summed E-state index contributed by atoms with van der Waals surface area (Å²) in [6, 6.07) is 8.28. The normalized spacial score (nSPS) is 12.4. The summed E-state index contributed by atoms with van der Waals surface area (Å²) >= 11 is 0.